The number of hydrogen-bond donors (Lipinski definition) is 1. The molecule has 1 aliphatic rings. The van der Waals surface area contributed by atoms with Gasteiger partial charge < -0.3 is 10.2 Å². The molecular formula is C19H27F2N5. The van der Waals surface area contributed by atoms with Crippen molar-refractivity contribution in [2.75, 3.05) is 18.0 Å². The monoisotopic (exact) mass is 363 g/mol. The van der Waals surface area contributed by atoms with Crippen molar-refractivity contribution in [1.29, 1.82) is 0 Å². The standard InChI is InChI=1S/C19H27F2N5/c1-13(2)10-18(19-22-12-23-25(19)3)24-14-6-8-26(9-7-14)15-4-5-16(20)17(21)11-15/h4-5,11-14,18,24H,6-10H2,1-3H3. The molecule has 1 aliphatic heterocycles. The molecule has 0 saturated carbocycles. The van der Waals surface area contributed by atoms with E-state index in [0.29, 0.717) is 12.0 Å². The molecule has 0 radical (unpaired) electrons. The maximum Gasteiger partial charge on any atom is 0.160 e. The Hall–Kier alpha value is -2.02. The molecule has 1 atom stereocenters. The molecule has 26 heavy (non-hydrogen) atoms. The quantitative estimate of drug-likeness (QED) is 0.854. The Balaban J connectivity index is 1.61. The van der Waals surface area contributed by atoms with Crippen molar-refractivity contribution in [2.24, 2.45) is 13.0 Å². The molecule has 2 aromatic rings. The molecule has 0 spiro atoms. The average Bonchev–Trinajstić information content (AvgIpc) is 3.03. The minimum absolute atomic E-state index is 0.169. The number of benzene rings is 1. The molecule has 2 heterocycles. The fourth-order valence-electron chi connectivity index (χ4n) is 3.61. The summed E-state index contributed by atoms with van der Waals surface area (Å²) in [5.41, 5.74) is 0.745. The normalized spacial score (nSPS) is 17.1. The number of halogens is 2. The maximum absolute atomic E-state index is 13.5. The smallest absolute Gasteiger partial charge is 0.160 e. The van der Waals surface area contributed by atoms with Crippen LogP contribution in [-0.2, 0) is 7.05 Å². The van der Waals surface area contributed by atoms with Crippen LogP contribution in [0.5, 0.6) is 0 Å². The molecule has 0 amide bonds. The third-order valence-corrected chi connectivity index (χ3v) is 4.97. The van der Waals surface area contributed by atoms with Crippen molar-refractivity contribution in [1.82, 2.24) is 20.1 Å². The van der Waals surface area contributed by atoms with Gasteiger partial charge >= 0.3 is 0 Å². The molecule has 142 valence electrons. The summed E-state index contributed by atoms with van der Waals surface area (Å²) in [7, 11) is 1.92. The zero-order valence-electron chi connectivity index (χ0n) is 15.6. The number of piperidine rings is 1. The summed E-state index contributed by atoms with van der Waals surface area (Å²) >= 11 is 0. The summed E-state index contributed by atoms with van der Waals surface area (Å²) in [4.78, 5) is 6.53. The van der Waals surface area contributed by atoms with E-state index in [4.69, 9.17) is 0 Å². The summed E-state index contributed by atoms with van der Waals surface area (Å²) < 4.78 is 28.4. The first kappa shape index (κ1) is 18.8. The molecule has 1 fully saturated rings. The summed E-state index contributed by atoms with van der Waals surface area (Å²) in [6.07, 6.45) is 4.49. The summed E-state index contributed by atoms with van der Waals surface area (Å²) in [6, 6.07) is 4.67. The lowest BCUT2D eigenvalue weighted by molar-refractivity contribution is 0.322. The minimum Gasteiger partial charge on any atom is -0.371 e. The van der Waals surface area contributed by atoms with Gasteiger partial charge in [-0.1, -0.05) is 13.8 Å². The summed E-state index contributed by atoms with van der Waals surface area (Å²) in [5, 5.41) is 7.94. The number of nitrogens with one attached hydrogen (secondary N) is 1. The van der Waals surface area contributed by atoms with Crippen molar-refractivity contribution < 1.29 is 8.78 Å². The second-order valence-corrected chi connectivity index (χ2v) is 7.45. The Morgan fingerprint density at radius 2 is 1.92 bits per heavy atom. The maximum atomic E-state index is 13.5. The van der Waals surface area contributed by atoms with E-state index in [1.807, 2.05) is 11.7 Å². The first-order chi connectivity index (χ1) is 12.4. The van der Waals surface area contributed by atoms with Crippen LogP contribution in [0.3, 0.4) is 0 Å². The van der Waals surface area contributed by atoms with Crippen molar-refractivity contribution in [2.45, 2.75) is 45.2 Å². The molecular weight excluding hydrogens is 336 g/mol. The van der Waals surface area contributed by atoms with Crippen LogP contribution < -0.4 is 10.2 Å². The van der Waals surface area contributed by atoms with Gasteiger partial charge in [-0.25, -0.2) is 13.8 Å². The van der Waals surface area contributed by atoms with Crippen LogP contribution in [0.25, 0.3) is 0 Å². The second-order valence-electron chi connectivity index (χ2n) is 7.45. The number of hydrogen-bond acceptors (Lipinski definition) is 4. The first-order valence-electron chi connectivity index (χ1n) is 9.24. The van der Waals surface area contributed by atoms with E-state index in [0.717, 1.165) is 43.9 Å². The molecule has 1 N–H and O–H groups in total. The van der Waals surface area contributed by atoms with Gasteiger partial charge in [0.05, 0.1) is 6.04 Å². The molecule has 3 rings (SSSR count). The topological polar surface area (TPSA) is 46.0 Å². The van der Waals surface area contributed by atoms with E-state index in [1.165, 1.54) is 12.1 Å². The molecule has 0 bridgehead atoms. The van der Waals surface area contributed by atoms with Gasteiger partial charge in [-0.05, 0) is 37.3 Å². The fourth-order valence-corrected chi connectivity index (χ4v) is 3.61. The Morgan fingerprint density at radius 3 is 2.50 bits per heavy atom. The molecule has 1 unspecified atom stereocenters. The Labute approximate surface area is 153 Å². The summed E-state index contributed by atoms with van der Waals surface area (Å²) in [5.74, 6) is -0.0826. The third-order valence-electron chi connectivity index (χ3n) is 4.97. The zero-order valence-corrected chi connectivity index (χ0v) is 15.6. The van der Waals surface area contributed by atoms with Gasteiger partial charge in [-0.3, -0.25) is 4.68 Å². The van der Waals surface area contributed by atoms with E-state index < -0.39 is 11.6 Å². The number of anilines is 1. The highest BCUT2D eigenvalue weighted by Crippen LogP contribution is 2.25. The van der Waals surface area contributed by atoms with Gasteiger partial charge in [-0.2, -0.15) is 5.10 Å². The van der Waals surface area contributed by atoms with Gasteiger partial charge in [0.2, 0.25) is 0 Å². The number of aromatic nitrogens is 3. The van der Waals surface area contributed by atoms with E-state index in [9.17, 15) is 8.78 Å². The van der Waals surface area contributed by atoms with Crippen molar-refractivity contribution in [3.63, 3.8) is 0 Å². The molecule has 0 aliphatic carbocycles. The number of rotatable bonds is 6. The van der Waals surface area contributed by atoms with Crippen LogP contribution in [0.2, 0.25) is 0 Å². The molecule has 1 aromatic carbocycles. The molecule has 7 heteroatoms. The third kappa shape index (κ3) is 4.38. The van der Waals surface area contributed by atoms with Crippen LogP contribution in [0, 0.1) is 17.6 Å². The van der Waals surface area contributed by atoms with E-state index in [1.54, 1.807) is 12.4 Å². The van der Waals surface area contributed by atoms with Crippen molar-refractivity contribution >= 4 is 5.69 Å². The van der Waals surface area contributed by atoms with Crippen LogP contribution in [0.4, 0.5) is 14.5 Å². The average molecular weight is 363 g/mol. The predicted octanol–water partition coefficient (Wildman–Crippen LogP) is 3.44. The fraction of sp³-hybridized carbons (Fsp3) is 0.579. The lowest BCUT2D eigenvalue weighted by Gasteiger charge is -2.36. The van der Waals surface area contributed by atoms with Crippen LogP contribution in [0.15, 0.2) is 24.5 Å². The van der Waals surface area contributed by atoms with Crippen LogP contribution in [-0.4, -0.2) is 33.9 Å². The van der Waals surface area contributed by atoms with Gasteiger partial charge in [0.15, 0.2) is 11.6 Å². The van der Waals surface area contributed by atoms with Crippen LogP contribution in [0.1, 0.15) is 45.0 Å². The van der Waals surface area contributed by atoms with Crippen LogP contribution >= 0.6 is 0 Å². The van der Waals surface area contributed by atoms with Gasteiger partial charge in [0, 0.05) is 37.9 Å². The molecule has 1 saturated heterocycles. The van der Waals surface area contributed by atoms with E-state index >= 15 is 0 Å². The Morgan fingerprint density at radius 1 is 1.19 bits per heavy atom. The minimum atomic E-state index is -0.800. The van der Waals surface area contributed by atoms with Crippen molar-refractivity contribution in [3.8, 4) is 0 Å². The summed E-state index contributed by atoms with van der Waals surface area (Å²) in [6.45, 7) is 6.04. The SMILES string of the molecule is CC(C)CC(NC1CCN(c2ccc(F)c(F)c2)CC1)c1ncnn1C. The highest BCUT2D eigenvalue weighted by atomic mass is 19.2. The highest BCUT2D eigenvalue weighted by molar-refractivity contribution is 5.47. The largest absolute Gasteiger partial charge is 0.371 e. The number of aryl methyl sites for hydroxylation is 1. The van der Waals surface area contributed by atoms with Crippen molar-refractivity contribution in [3.05, 3.63) is 42.0 Å². The Bertz CT molecular complexity index is 722. The van der Waals surface area contributed by atoms with E-state index in [-0.39, 0.29) is 6.04 Å². The zero-order chi connectivity index (χ0) is 18.7. The lowest BCUT2D eigenvalue weighted by Crippen LogP contribution is -2.44. The lowest BCUT2D eigenvalue weighted by atomic mass is 9.98. The number of nitrogens with zero attached hydrogens (tertiary/aromatic N) is 4. The van der Waals surface area contributed by atoms with E-state index in [2.05, 4.69) is 34.1 Å². The van der Waals surface area contributed by atoms with Gasteiger partial charge in [-0.15, -0.1) is 0 Å². The van der Waals surface area contributed by atoms with Gasteiger partial charge in [0.1, 0.15) is 12.2 Å². The first-order valence-corrected chi connectivity index (χ1v) is 9.24. The van der Waals surface area contributed by atoms with Gasteiger partial charge in [0.25, 0.3) is 0 Å². The highest BCUT2D eigenvalue weighted by Gasteiger charge is 2.25. The predicted molar refractivity (Wildman–Crippen MR) is 97.9 cm³/mol. The second kappa shape index (κ2) is 8.12. The Kier molecular flexibility index (Phi) is 5.86. The molecule has 5 nitrogen and oxygen atoms in total. The molecule has 1 aromatic heterocycles.